The number of nitrogens with zero attached hydrogens (tertiary/aromatic N) is 2. The Morgan fingerprint density at radius 3 is 2.52 bits per heavy atom. The number of hydrogen-bond donors (Lipinski definition) is 1. The minimum Gasteiger partial charge on any atom is -0.300 e. The van der Waals surface area contributed by atoms with Crippen molar-refractivity contribution in [2.45, 2.75) is 62.0 Å². The summed E-state index contributed by atoms with van der Waals surface area (Å²) in [6.45, 7) is 2.19. The first-order valence-corrected chi connectivity index (χ1v) is 12.5. The van der Waals surface area contributed by atoms with E-state index < -0.39 is 15.7 Å². The molecule has 0 saturated heterocycles. The Bertz CT molecular complexity index is 921. The molecule has 3 rings (SSSR count). The maximum absolute atomic E-state index is 13.0. The first-order chi connectivity index (χ1) is 13.9. The number of amides is 1. The molecule has 1 aromatic heterocycles. The predicted octanol–water partition coefficient (Wildman–Crippen LogP) is 4.59. The largest absolute Gasteiger partial charge is 0.300 e. The molecule has 1 heterocycles. The number of nitrogens with one attached hydrogen (secondary N) is 1. The van der Waals surface area contributed by atoms with Crippen molar-refractivity contribution < 1.29 is 17.6 Å². The molecular formula is C20H26FN3O3S2. The molecule has 1 saturated carbocycles. The molecule has 0 aliphatic heterocycles. The van der Waals surface area contributed by atoms with Gasteiger partial charge in [-0.15, -0.1) is 10.2 Å². The number of anilines is 1. The van der Waals surface area contributed by atoms with Crippen molar-refractivity contribution >= 4 is 32.2 Å². The topological polar surface area (TPSA) is 89.0 Å². The Morgan fingerprint density at radius 2 is 1.86 bits per heavy atom. The summed E-state index contributed by atoms with van der Waals surface area (Å²) in [5.41, 5.74) is 0.465. The SMILES string of the molecule is CCCCC1CCC(C(=O)Nc2nnc(S(=O)(=O)Cc3ccc(F)cc3)s2)CC1. The van der Waals surface area contributed by atoms with E-state index in [1.807, 2.05) is 0 Å². The Hall–Kier alpha value is -1.87. The number of carbonyl (C=O) groups excluding carboxylic acids is 1. The zero-order valence-electron chi connectivity index (χ0n) is 16.4. The molecule has 2 aromatic rings. The van der Waals surface area contributed by atoms with Crippen molar-refractivity contribution in [2.24, 2.45) is 11.8 Å². The highest BCUT2D eigenvalue weighted by Gasteiger charge is 2.27. The molecule has 29 heavy (non-hydrogen) atoms. The summed E-state index contributed by atoms with van der Waals surface area (Å²) >= 11 is 0.850. The summed E-state index contributed by atoms with van der Waals surface area (Å²) in [5, 5.41) is 10.5. The summed E-state index contributed by atoms with van der Waals surface area (Å²) in [5.74, 6) is -0.179. The van der Waals surface area contributed by atoms with Crippen LogP contribution < -0.4 is 5.32 Å². The van der Waals surface area contributed by atoms with Crippen LogP contribution in [0.5, 0.6) is 0 Å². The van der Waals surface area contributed by atoms with Crippen molar-refractivity contribution in [1.82, 2.24) is 10.2 Å². The monoisotopic (exact) mass is 439 g/mol. The molecule has 0 unspecified atom stereocenters. The lowest BCUT2D eigenvalue weighted by Gasteiger charge is -2.27. The lowest BCUT2D eigenvalue weighted by Crippen LogP contribution is -2.27. The van der Waals surface area contributed by atoms with Gasteiger partial charge in [-0.3, -0.25) is 4.79 Å². The van der Waals surface area contributed by atoms with Gasteiger partial charge in [0.15, 0.2) is 0 Å². The second-order valence-corrected chi connectivity index (χ2v) is 10.7. The van der Waals surface area contributed by atoms with Crippen LogP contribution >= 0.6 is 11.3 Å². The first-order valence-electron chi connectivity index (χ1n) is 9.99. The number of benzene rings is 1. The summed E-state index contributed by atoms with van der Waals surface area (Å²) in [4.78, 5) is 12.5. The summed E-state index contributed by atoms with van der Waals surface area (Å²) in [6.07, 6.45) is 7.50. The molecule has 0 spiro atoms. The Morgan fingerprint density at radius 1 is 1.17 bits per heavy atom. The number of aromatic nitrogens is 2. The van der Waals surface area contributed by atoms with E-state index in [9.17, 15) is 17.6 Å². The van der Waals surface area contributed by atoms with Crippen LogP contribution in [0.25, 0.3) is 0 Å². The van der Waals surface area contributed by atoms with Gasteiger partial charge in [0, 0.05) is 5.92 Å². The van der Waals surface area contributed by atoms with Crippen LogP contribution in [-0.4, -0.2) is 24.5 Å². The predicted molar refractivity (Wildman–Crippen MR) is 111 cm³/mol. The van der Waals surface area contributed by atoms with Crippen LogP contribution in [-0.2, 0) is 20.4 Å². The maximum Gasteiger partial charge on any atom is 0.234 e. The van der Waals surface area contributed by atoms with Gasteiger partial charge < -0.3 is 5.32 Å². The lowest BCUT2D eigenvalue weighted by molar-refractivity contribution is -0.121. The number of sulfone groups is 1. The van der Waals surface area contributed by atoms with Gasteiger partial charge in [0.2, 0.25) is 25.2 Å². The van der Waals surface area contributed by atoms with Gasteiger partial charge in [-0.1, -0.05) is 49.7 Å². The molecule has 1 amide bonds. The van der Waals surface area contributed by atoms with Crippen LogP contribution in [0.2, 0.25) is 0 Å². The molecule has 0 radical (unpaired) electrons. The molecule has 1 N–H and O–H groups in total. The van der Waals surface area contributed by atoms with E-state index in [2.05, 4.69) is 22.4 Å². The van der Waals surface area contributed by atoms with E-state index in [0.29, 0.717) is 11.5 Å². The van der Waals surface area contributed by atoms with Crippen LogP contribution in [0.3, 0.4) is 0 Å². The van der Waals surface area contributed by atoms with Gasteiger partial charge in [-0.05, 0) is 49.3 Å². The molecule has 0 atom stereocenters. The number of rotatable bonds is 8. The molecule has 1 aromatic carbocycles. The third-order valence-electron chi connectivity index (χ3n) is 5.36. The highest BCUT2D eigenvalue weighted by atomic mass is 32.2. The molecule has 1 fully saturated rings. The maximum atomic E-state index is 13.0. The zero-order chi connectivity index (χ0) is 20.9. The first kappa shape index (κ1) is 21.8. The average molecular weight is 440 g/mol. The number of carbonyl (C=O) groups is 1. The van der Waals surface area contributed by atoms with E-state index in [1.165, 1.54) is 43.5 Å². The molecule has 1 aliphatic rings. The zero-order valence-corrected chi connectivity index (χ0v) is 18.1. The van der Waals surface area contributed by atoms with Crippen LogP contribution in [0, 0.1) is 17.7 Å². The molecule has 158 valence electrons. The highest BCUT2D eigenvalue weighted by Crippen LogP contribution is 2.33. The van der Waals surface area contributed by atoms with Crippen molar-refractivity contribution in [1.29, 1.82) is 0 Å². The van der Waals surface area contributed by atoms with Crippen LogP contribution in [0.1, 0.15) is 57.4 Å². The minimum atomic E-state index is -3.71. The quantitative estimate of drug-likeness (QED) is 0.608. The van der Waals surface area contributed by atoms with E-state index in [-0.39, 0.29) is 27.0 Å². The third-order valence-corrected chi connectivity index (χ3v) is 8.33. The second kappa shape index (κ2) is 9.75. The Labute approximate surface area is 174 Å². The van der Waals surface area contributed by atoms with Gasteiger partial charge in [0.05, 0.1) is 5.75 Å². The second-order valence-electron chi connectivity index (χ2n) is 7.61. The van der Waals surface area contributed by atoms with Gasteiger partial charge in [0.1, 0.15) is 5.82 Å². The normalized spacial score (nSPS) is 19.8. The summed E-state index contributed by atoms with van der Waals surface area (Å²) < 4.78 is 37.9. The number of unbranched alkanes of at least 4 members (excludes halogenated alkanes) is 1. The standard InChI is InChI=1S/C20H26FN3O3S2/c1-2-3-4-14-5-9-16(10-6-14)18(25)22-19-23-24-20(28-19)29(26,27)13-15-7-11-17(21)12-8-15/h7-8,11-12,14,16H,2-6,9-10,13H2,1H3,(H,22,23,25). The summed E-state index contributed by atoms with van der Waals surface area (Å²) in [6, 6.07) is 5.28. The van der Waals surface area contributed by atoms with Crippen molar-refractivity contribution in [3.8, 4) is 0 Å². The van der Waals surface area contributed by atoms with E-state index in [1.54, 1.807) is 0 Å². The van der Waals surface area contributed by atoms with Crippen molar-refractivity contribution in [3.63, 3.8) is 0 Å². The molecule has 9 heteroatoms. The summed E-state index contributed by atoms with van der Waals surface area (Å²) in [7, 11) is -3.71. The molecule has 1 aliphatic carbocycles. The van der Waals surface area contributed by atoms with Gasteiger partial charge in [-0.2, -0.15) is 0 Å². The fraction of sp³-hybridized carbons (Fsp3) is 0.550. The Kier molecular flexibility index (Phi) is 7.34. The van der Waals surface area contributed by atoms with Crippen LogP contribution in [0.4, 0.5) is 9.52 Å². The van der Waals surface area contributed by atoms with E-state index >= 15 is 0 Å². The van der Waals surface area contributed by atoms with E-state index in [4.69, 9.17) is 0 Å². The van der Waals surface area contributed by atoms with Crippen LogP contribution in [0.15, 0.2) is 28.6 Å². The fourth-order valence-corrected chi connectivity index (χ4v) is 5.98. The smallest absolute Gasteiger partial charge is 0.234 e. The number of hydrogen-bond acceptors (Lipinski definition) is 6. The molecule has 6 nitrogen and oxygen atoms in total. The minimum absolute atomic E-state index is 0.0592. The van der Waals surface area contributed by atoms with Crippen molar-refractivity contribution in [2.75, 3.05) is 5.32 Å². The third kappa shape index (κ3) is 6.05. The average Bonchev–Trinajstić information content (AvgIpc) is 3.18. The van der Waals surface area contributed by atoms with Gasteiger partial charge >= 0.3 is 0 Å². The number of halogens is 1. The molecule has 0 bridgehead atoms. The molecular weight excluding hydrogens is 413 g/mol. The lowest BCUT2D eigenvalue weighted by atomic mass is 9.79. The fourth-order valence-electron chi connectivity index (χ4n) is 3.66. The highest BCUT2D eigenvalue weighted by molar-refractivity contribution is 7.92. The van der Waals surface area contributed by atoms with E-state index in [0.717, 1.165) is 37.0 Å². The van der Waals surface area contributed by atoms with Gasteiger partial charge in [-0.25, -0.2) is 12.8 Å². The van der Waals surface area contributed by atoms with Gasteiger partial charge in [0.25, 0.3) is 0 Å². The van der Waals surface area contributed by atoms with Crippen molar-refractivity contribution in [3.05, 3.63) is 35.6 Å². The Balaban J connectivity index is 1.55.